The van der Waals surface area contributed by atoms with Crippen molar-refractivity contribution in [3.63, 3.8) is 0 Å². The summed E-state index contributed by atoms with van der Waals surface area (Å²) in [6, 6.07) is 0. The van der Waals surface area contributed by atoms with Crippen LogP contribution in [0.15, 0.2) is 11.8 Å². The Hall–Kier alpha value is -1.12. The van der Waals surface area contributed by atoms with Gasteiger partial charge in [-0.15, -0.1) is 0 Å². The van der Waals surface area contributed by atoms with E-state index in [1.807, 2.05) is 0 Å². The summed E-state index contributed by atoms with van der Waals surface area (Å²) in [5, 5.41) is 8.53. The molecule has 0 saturated carbocycles. The molecular weight excluding hydrogens is 144 g/mol. The normalized spacial score (nSPS) is 8.91. The first-order valence-corrected chi connectivity index (χ1v) is 3.58. The van der Waals surface area contributed by atoms with Gasteiger partial charge in [-0.25, -0.2) is 0 Å². The third-order valence-electron chi connectivity index (χ3n) is 1.37. The molecule has 0 aliphatic rings. The smallest absolute Gasteiger partial charge is 0.169 e. The van der Waals surface area contributed by atoms with Crippen LogP contribution in [-0.2, 0) is 9.59 Å². The Bertz CT molecular complexity index is 174. The second kappa shape index (κ2) is 4.66. The van der Waals surface area contributed by atoms with E-state index in [0.717, 1.165) is 0 Å². The third kappa shape index (κ3) is 2.53. The Balaban J connectivity index is 4.43. The zero-order valence-electron chi connectivity index (χ0n) is 6.76. The average Bonchev–Trinajstić information content (AvgIpc) is 2.05. The molecule has 0 spiro atoms. The molecule has 3 nitrogen and oxygen atoms in total. The lowest BCUT2D eigenvalue weighted by molar-refractivity contribution is -0.121. The van der Waals surface area contributed by atoms with Crippen molar-refractivity contribution in [3.05, 3.63) is 11.8 Å². The minimum atomic E-state index is -0.306. The predicted octanol–water partition coefficient (Wildman–Crippen LogP) is 1.39. The lowest BCUT2D eigenvalue weighted by Gasteiger charge is -1.98. The van der Waals surface area contributed by atoms with Crippen LogP contribution in [-0.4, -0.2) is 16.7 Å². The molecule has 0 saturated heterocycles. The van der Waals surface area contributed by atoms with Crippen molar-refractivity contribution in [1.29, 1.82) is 0 Å². The average molecular weight is 156 g/mol. The molecule has 0 amide bonds. The number of Topliss-reactive ketones (excluding diaryl/α,β-unsaturated/α-hetero) is 2. The second-order valence-electron chi connectivity index (χ2n) is 2.10. The van der Waals surface area contributed by atoms with E-state index in [1.54, 1.807) is 13.8 Å². The van der Waals surface area contributed by atoms with Gasteiger partial charge in [-0.2, -0.15) is 0 Å². The molecule has 0 aliphatic carbocycles. The van der Waals surface area contributed by atoms with Gasteiger partial charge < -0.3 is 5.11 Å². The van der Waals surface area contributed by atoms with Gasteiger partial charge in [0.25, 0.3) is 0 Å². The van der Waals surface area contributed by atoms with E-state index in [9.17, 15) is 9.59 Å². The van der Waals surface area contributed by atoms with Gasteiger partial charge in [-0.1, -0.05) is 13.8 Å². The summed E-state index contributed by atoms with van der Waals surface area (Å²) >= 11 is 0. The van der Waals surface area contributed by atoms with Crippen LogP contribution < -0.4 is 0 Å². The quantitative estimate of drug-likeness (QED) is 0.289. The Morgan fingerprint density at radius 1 is 1.18 bits per heavy atom. The summed E-state index contributed by atoms with van der Waals surface area (Å²) in [5.74, 6) is -0.612. The molecule has 62 valence electrons. The molecule has 0 aromatic carbocycles. The molecule has 3 heteroatoms. The van der Waals surface area contributed by atoms with E-state index in [0.29, 0.717) is 6.26 Å². The molecule has 0 heterocycles. The molecule has 11 heavy (non-hydrogen) atoms. The van der Waals surface area contributed by atoms with Gasteiger partial charge in [-0.05, 0) is 0 Å². The van der Waals surface area contributed by atoms with Gasteiger partial charge >= 0.3 is 0 Å². The fourth-order valence-electron chi connectivity index (χ4n) is 0.680. The van der Waals surface area contributed by atoms with Crippen LogP contribution in [0, 0.1) is 0 Å². The number of carbonyl (C=O) groups excluding carboxylic acids is 2. The van der Waals surface area contributed by atoms with Gasteiger partial charge in [0, 0.05) is 12.8 Å². The Kier molecular flexibility index (Phi) is 4.18. The topological polar surface area (TPSA) is 54.4 Å². The van der Waals surface area contributed by atoms with Crippen LogP contribution in [0.1, 0.15) is 26.7 Å². The predicted molar refractivity (Wildman–Crippen MR) is 41.3 cm³/mol. The van der Waals surface area contributed by atoms with E-state index >= 15 is 0 Å². The van der Waals surface area contributed by atoms with Crippen LogP contribution in [0.25, 0.3) is 0 Å². The van der Waals surface area contributed by atoms with E-state index in [1.165, 1.54) is 0 Å². The van der Waals surface area contributed by atoms with Crippen LogP contribution in [0.4, 0.5) is 0 Å². The lowest BCUT2D eigenvalue weighted by atomic mass is 10.1. The first-order chi connectivity index (χ1) is 5.17. The van der Waals surface area contributed by atoms with Crippen LogP contribution in [0.5, 0.6) is 0 Å². The molecule has 0 fully saturated rings. The largest absolute Gasteiger partial charge is 0.515 e. The summed E-state index contributed by atoms with van der Waals surface area (Å²) in [7, 11) is 0. The van der Waals surface area contributed by atoms with Gasteiger partial charge in [0.1, 0.15) is 0 Å². The van der Waals surface area contributed by atoms with Crippen molar-refractivity contribution in [2.24, 2.45) is 0 Å². The molecule has 0 rings (SSSR count). The van der Waals surface area contributed by atoms with Gasteiger partial charge in [0.05, 0.1) is 11.8 Å². The summed E-state index contributed by atoms with van der Waals surface area (Å²) in [5.41, 5.74) is -0.0880. The fraction of sp³-hybridized carbons (Fsp3) is 0.500. The minimum Gasteiger partial charge on any atom is -0.515 e. The van der Waals surface area contributed by atoms with Crippen molar-refractivity contribution in [1.82, 2.24) is 0 Å². The van der Waals surface area contributed by atoms with Gasteiger partial charge in [0.15, 0.2) is 11.6 Å². The SMILES string of the molecule is CCC(=O)C(=CO)C(=O)CC. The number of ketones is 2. The molecular formula is C8H12O3. The molecule has 0 unspecified atom stereocenters. The number of aliphatic hydroxyl groups is 1. The Morgan fingerprint density at radius 2 is 1.55 bits per heavy atom. The van der Waals surface area contributed by atoms with Crippen molar-refractivity contribution >= 4 is 11.6 Å². The van der Waals surface area contributed by atoms with E-state index in [4.69, 9.17) is 5.11 Å². The van der Waals surface area contributed by atoms with Crippen molar-refractivity contribution < 1.29 is 14.7 Å². The molecule has 0 bridgehead atoms. The molecule has 0 aliphatic heterocycles. The highest BCUT2D eigenvalue weighted by molar-refractivity contribution is 6.19. The zero-order chi connectivity index (χ0) is 8.85. The van der Waals surface area contributed by atoms with Crippen LogP contribution in [0.3, 0.4) is 0 Å². The number of hydrogen-bond acceptors (Lipinski definition) is 3. The maximum atomic E-state index is 10.9. The second-order valence-corrected chi connectivity index (χ2v) is 2.10. The summed E-state index contributed by atoms with van der Waals surface area (Å²) < 4.78 is 0. The molecule has 0 aromatic heterocycles. The first-order valence-electron chi connectivity index (χ1n) is 3.58. The maximum Gasteiger partial charge on any atom is 0.169 e. The first kappa shape index (κ1) is 9.88. The number of carbonyl (C=O) groups is 2. The summed E-state index contributed by atoms with van der Waals surface area (Å²) in [6.45, 7) is 3.30. The highest BCUT2D eigenvalue weighted by atomic mass is 16.2. The fourth-order valence-corrected chi connectivity index (χ4v) is 0.680. The van der Waals surface area contributed by atoms with Gasteiger partial charge in [0.2, 0.25) is 0 Å². The van der Waals surface area contributed by atoms with E-state index in [2.05, 4.69) is 0 Å². The number of aliphatic hydroxyl groups excluding tert-OH is 1. The van der Waals surface area contributed by atoms with Crippen LogP contribution in [0.2, 0.25) is 0 Å². The summed E-state index contributed by atoms with van der Waals surface area (Å²) in [4.78, 5) is 21.8. The Labute approximate surface area is 65.7 Å². The zero-order valence-corrected chi connectivity index (χ0v) is 6.76. The van der Waals surface area contributed by atoms with Crippen molar-refractivity contribution in [2.45, 2.75) is 26.7 Å². The monoisotopic (exact) mass is 156 g/mol. The van der Waals surface area contributed by atoms with E-state index < -0.39 is 0 Å². The number of hydrogen-bond donors (Lipinski definition) is 1. The minimum absolute atomic E-state index is 0.0880. The van der Waals surface area contributed by atoms with Crippen LogP contribution >= 0.6 is 0 Å². The molecule has 0 radical (unpaired) electrons. The highest BCUT2D eigenvalue weighted by Gasteiger charge is 2.13. The standard InChI is InChI=1S/C8H12O3/c1-3-7(10)6(5-9)8(11)4-2/h5,9H,3-4H2,1-2H3. The maximum absolute atomic E-state index is 10.9. The number of allylic oxidation sites excluding steroid dienone is 1. The van der Waals surface area contributed by atoms with Gasteiger partial charge in [-0.3, -0.25) is 9.59 Å². The molecule has 0 atom stereocenters. The Morgan fingerprint density at radius 3 is 1.73 bits per heavy atom. The highest BCUT2D eigenvalue weighted by Crippen LogP contribution is 2.02. The van der Waals surface area contributed by atoms with Crippen molar-refractivity contribution in [2.75, 3.05) is 0 Å². The number of rotatable bonds is 4. The third-order valence-corrected chi connectivity index (χ3v) is 1.37. The van der Waals surface area contributed by atoms with Crippen molar-refractivity contribution in [3.8, 4) is 0 Å². The molecule has 1 N–H and O–H groups in total. The van der Waals surface area contributed by atoms with E-state index in [-0.39, 0.29) is 30.0 Å². The molecule has 0 aromatic rings. The lowest BCUT2D eigenvalue weighted by Crippen LogP contribution is -2.10. The summed E-state index contributed by atoms with van der Waals surface area (Å²) in [6.07, 6.45) is 1.09.